The van der Waals surface area contributed by atoms with Gasteiger partial charge in [-0.15, -0.1) is 0 Å². The van der Waals surface area contributed by atoms with Gasteiger partial charge in [-0.1, -0.05) is 12.1 Å². The van der Waals surface area contributed by atoms with Crippen molar-refractivity contribution in [3.05, 3.63) is 35.6 Å². The second kappa shape index (κ2) is 5.77. The van der Waals surface area contributed by atoms with Gasteiger partial charge in [-0.05, 0) is 24.6 Å². The highest BCUT2D eigenvalue weighted by molar-refractivity contribution is 7.88. The lowest BCUT2D eigenvalue weighted by atomic mass is 9.97. The van der Waals surface area contributed by atoms with Gasteiger partial charge in [-0.3, -0.25) is 0 Å². The number of halogens is 1. The summed E-state index contributed by atoms with van der Waals surface area (Å²) in [6, 6.07) is 5.27. The molecule has 2 rings (SSSR count). The fraction of sp³-hybridized carbons (Fsp3) is 0.538. The van der Waals surface area contributed by atoms with Gasteiger partial charge in [0.1, 0.15) is 11.4 Å². The summed E-state index contributed by atoms with van der Waals surface area (Å²) in [4.78, 5) is 0. The Balaban J connectivity index is 1.96. The molecular formula is C13H18FNO4S. The Morgan fingerprint density at radius 3 is 2.65 bits per heavy atom. The lowest BCUT2D eigenvalue weighted by Crippen LogP contribution is -2.47. The number of aliphatic hydroxyl groups is 1. The molecule has 2 atom stereocenters. The smallest absolute Gasteiger partial charge is 0.215 e. The molecule has 5 nitrogen and oxygen atoms in total. The third-order valence-electron chi connectivity index (χ3n) is 3.53. The zero-order valence-corrected chi connectivity index (χ0v) is 12.0. The summed E-state index contributed by atoms with van der Waals surface area (Å²) in [6.45, 7) is 2.04. The minimum atomic E-state index is -3.58. The van der Waals surface area contributed by atoms with Crippen molar-refractivity contribution >= 4 is 10.0 Å². The van der Waals surface area contributed by atoms with Crippen LogP contribution in [0.1, 0.15) is 18.9 Å². The van der Waals surface area contributed by atoms with E-state index in [0.717, 1.165) is 0 Å². The van der Waals surface area contributed by atoms with E-state index in [4.69, 9.17) is 4.74 Å². The van der Waals surface area contributed by atoms with E-state index in [0.29, 0.717) is 18.6 Å². The van der Waals surface area contributed by atoms with Crippen LogP contribution in [0.5, 0.6) is 0 Å². The number of rotatable bonds is 5. The molecule has 1 fully saturated rings. The lowest BCUT2D eigenvalue weighted by Gasteiger charge is -2.26. The Morgan fingerprint density at radius 1 is 1.45 bits per heavy atom. The molecule has 0 spiro atoms. The van der Waals surface area contributed by atoms with E-state index in [1.165, 1.54) is 24.3 Å². The fourth-order valence-electron chi connectivity index (χ4n) is 2.09. The van der Waals surface area contributed by atoms with Crippen LogP contribution in [0.15, 0.2) is 24.3 Å². The Labute approximate surface area is 117 Å². The third kappa shape index (κ3) is 3.76. The maximum atomic E-state index is 12.8. The zero-order chi connectivity index (χ0) is 14.8. The Hall–Kier alpha value is -1.02. The number of benzene rings is 1. The van der Waals surface area contributed by atoms with Gasteiger partial charge in [0.05, 0.1) is 11.9 Å². The molecule has 2 unspecified atom stereocenters. The molecule has 1 aliphatic heterocycles. The molecule has 1 aliphatic rings. The minimum absolute atomic E-state index is 0.0856. The van der Waals surface area contributed by atoms with Gasteiger partial charge >= 0.3 is 0 Å². The summed E-state index contributed by atoms with van der Waals surface area (Å²) in [7, 11) is -3.58. The van der Waals surface area contributed by atoms with Gasteiger partial charge in [0.15, 0.2) is 0 Å². The van der Waals surface area contributed by atoms with Crippen molar-refractivity contribution in [3.8, 4) is 0 Å². The van der Waals surface area contributed by atoms with Crippen LogP contribution in [0.2, 0.25) is 0 Å². The molecule has 0 aliphatic carbocycles. The highest BCUT2D eigenvalue weighted by Gasteiger charge is 2.40. The monoisotopic (exact) mass is 303 g/mol. The Bertz CT molecular complexity index is 560. The van der Waals surface area contributed by atoms with Gasteiger partial charge in [-0.2, -0.15) is 0 Å². The highest BCUT2D eigenvalue weighted by atomic mass is 32.2. The van der Waals surface area contributed by atoms with Crippen molar-refractivity contribution in [2.45, 2.75) is 30.8 Å². The molecule has 20 heavy (non-hydrogen) atoms. The van der Waals surface area contributed by atoms with Crippen molar-refractivity contribution in [2.24, 2.45) is 0 Å². The molecule has 0 saturated carbocycles. The zero-order valence-electron chi connectivity index (χ0n) is 11.2. The first-order chi connectivity index (χ1) is 9.31. The van der Waals surface area contributed by atoms with E-state index < -0.39 is 27.5 Å². The number of hydrogen-bond donors (Lipinski definition) is 2. The number of nitrogens with one attached hydrogen (secondary N) is 1. The first-order valence-electron chi connectivity index (χ1n) is 6.36. The van der Waals surface area contributed by atoms with Crippen molar-refractivity contribution in [1.82, 2.24) is 4.72 Å². The summed E-state index contributed by atoms with van der Waals surface area (Å²) in [5.41, 5.74) is -0.683. The second-order valence-electron chi connectivity index (χ2n) is 5.07. The van der Waals surface area contributed by atoms with Gasteiger partial charge in [0.2, 0.25) is 10.0 Å². The quantitative estimate of drug-likeness (QED) is 0.843. The second-order valence-corrected chi connectivity index (χ2v) is 6.88. The fourth-order valence-corrected chi connectivity index (χ4v) is 3.29. The van der Waals surface area contributed by atoms with Crippen LogP contribution in [0.4, 0.5) is 4.39 Å². The van der Waals surface area contributed by atoms with Crippen molar-refractivity contribution < 1.29 is 22.7 Å². The van der Waals surface area contributed by atoms with E-state index >= 15 is 0 Å². The molecule has 0 bridgehead atoms. The molecule has 7 heteroatoms. The van der Waals surface area contributed by atoms with Gasteiger partial charge in [0, 0.05) is 19.6 Å². The van der Waals surface area contributed by atoms with Crippen LogP contribution in [-0.4, -0.2) is 38.4 Å². The molecule has 1 saturated heterocycles. The van der Waals surface area contributed by atoms with E-state index in [-0.39, 0.29) is 12.3 Å². The first kappa shape index (κ1) is 15.4. The number of ether oxygens (including phenoxy) is 1. The molecule has 112 valence electrons. The topological polar surface area (TPSA) is 75.6 Å². The Kier molecular flexibility index (Phi) is 4.43. The third-order valence-corrected chi connectivity index (χ3v) is 4.83. The summed E-state index contributed by atoms with van der Waals surface area (Å²) < 4.78 is 44.2. The summed E-state index contributed by atoms with van der Waals surface area (Å²) in [6.07, 6.45) is -0.0104. The van der Waals surface area contributed by atoms with Crippen molar-refractivity contribution in [2.75, 3.05) is 13.2 Å². The molecule has 1 heterocycles. The molecule has 2 N–H and O–H groups in total. The molecule has 0 amide bonds. The number of sulfonamides is 1. The predicted octanol–water partition coefficient (Wildman–Crippen LogP) is 0.785. The molecule has 0 aromatic heterocycles. The van der Waals surface area contributed by atoms with Crippen LogP contribution in [-0.2, 0) is 20.5 Å². The van der Waals surface area contributed by atoms with E-state index in [1.54, 1.807) is 6.92 Å². The number of hydrogen-bond acceptors (Lipinski definition) is 4. The average molecular weight is 303 g/mol. The van der Waals surface area contributed by atoms with Crippen LogP contribution < -0.4 is 4.72 Å². The molecule has 0 radical (unpaired) electrons. The van der Waals surface area contributed by atoms with Crippen molar-refractivity contribution in [1.29, 1.82) is 0 Å². The van der Waals surface area contributed by atoms with Crippen molar-refractivity contribution in [3.63, 3.8) is 0 Å². The standard InChI is InChI=1S/C13H18FNO4S/c1-10-13(16,6-7-19-10)9-15-20(17,18)8-11-2-4-12(14)5-3-11/h2-5,10,15-16H,6-9H2,1H3. The molecule has 1 aromatic rings. The Morgan fingerprint density at radius 2 is 2.10 bits per heavy atom. The average Bonchev–Trinajstić information content (AvgIpc) is 2.71. The minimum Gasteiger partial charge on any atom is -0.386 e. The molecule has 1 aromatic carbocycles. The van der Waals surface area contributed by atoms with Gasteiger partial charge < -0.3 is 9.84 Å². The van der Waals surface area contributed by atoms with Crippen LogP contribution in [0, 0.1) is 5.82 Å². The van der Waals surface area contributed by atoms with Gasteiger partial charge in [0.25, 0.3) is 0 Å². The van der Waals surface area contributed by atoms with E-state index in [9.17, 15) is 17.9 Å². The normalized spacial score (nSPS) is 26.9. The SMILES string of the molecule is CC1OCCC1(O)CNS(=O)(=O)Cc1ccc(F)cc1. The lowest BCUT2D eigenvalue weighted by molar-refractivity contribution is -0.0228. The largest absolute Gasteiger partial charge is 0.386 e. The summed E-state index contributed by atoms with van der Waals surface area (Å²) in [5.74, 6) is -0.663. The molecular weight excluding hydrogens is 285 g/mol. The maximum absolute atomic E-state index is 12.8. The highest BCUT2D eigenvalue weighted by Crippen LogP contribution is 2.25. The van der Waals surface area contributed by atoms with Crippen LogP contribution in [0.3, 0.4) is 0 Å². The van der Waals surface area contributed by atoms with Crippen LogP contribution in [0.25, 0.3) is 0 Å². The van der Waals surface area contributed by atoms with Gasteiger partial charge in [-0.25, -0.2) is 17.5 Å². The summed E-state index contributed by atoms with van der Waals surface area (Å²) >= 11 is 0. The first-order valence-corrected chi connectivity index (χ1v) is 8.02. The summed E-state index contributed by atoms with van der Waals surface area (Å²) in [5, 5.41) is 10.2. The van der Waals surface area contributed by atoms with E-state index in [1.807, 2.05) is 0 Å². The van der Waals surface area contributed by atoms with Crippen LogP contribution >= 0.6 is 0 Å². The predicted molar refractivity (Wildman–Crippen MR) is 72.0 cm³/mol. The maximum Gasteiger partial charge on any atom is 0.215 e. The van der Waals surface area contributed by atoms with E-state index in [2.05, 4.69) is 4.72 Å².